The van der Waals surface area contributed by atoms with Gasteiger partial charge >= 0.3 is 10.1 Å². The van der Waals surface area contributed by atoms with Crippen molar-refractivity contribution >= 4 is 38.2 Å². The van der Waals surface area contributed by atoms with E-state index >= 15 is 0 Å². The van der Waals surface area contributed by atoms with E-state index in [1.807, 2.05) is 6.92 Å². The van der Waals surface area contributed by atoms with E-state index in [4.69, 9.17) is 18.4 Å². The summed E-state index contributed by atoms with van der Waals surface area (Å²) < 4.78 is 47.4. The lowest BCUT2D eigenvalue weighted by atomic mass is 10.2. The Balaban J connectivity index is 1.79. The van der Waals surface area contributed by atoms with Gasteiger partial charge in [0, 0.05) is 5.56 Å². The van der Waals surface area contributed by atoms with Gasteiger partial charge in [-0.2, -0.15) is 13.5 Å². The molecule has 0 aliphatic rings. The van der Waals surface area contributed by atoms with Crippen molar-refractivity contribution in [2.24, 2.45) is 5.10 Å². The topological polar surface area (TPSA) is 113 Å². The summed E-state index contributed by atoms with van der Waals surface area (Å²) in [5.74, 6) is 0.705. The van der Waals surface area contributed by atoms with E-state index in [0.29, 0.717) is 33.7 Å². The highest BCUT2D eigenvalue weighted by molar-refractivity contribution is 9.10. The summed E-state index contributed by atoms with van der Waals surface area (Å²) in [5.41, 5.74) is 3.31. The van der Waals surface area contributed by atoms with Crippen molar-refractivity contribution in [3.63, 3.8) is 0 Å². The molecule has 36 heavy (non-hydrogen) atoms. The molecule has 0 bridgehead atoms. The molecule has 9 nitrogen and oxygen atoms in total. The predicted octanol–water partition coefficient (Wildman–Crippen LogP) is 4.79. The monoisotopic (exact) mass is 576 g/mol. The predicted molar refractivity (Wildman–Crippen MR) is 139 cm³/mol. The molecule has 0 radical (unpaired) electrons. The second kappa shape index (κ2) is 12.4. The minimum Gasteiger partial charge on any atom is -0.493 e. The Bertz CT molecular complexity index is 1350. The molecule has 0 aliphatic carbocycles. The van der Waals surface area contributed by atoms with Crippen LogP contribution in [0.5, 0.6) is 23.0 Å². The first-order valence-electron chi connectivity index (χ1n) is 10.9. The summed E-state index contributed by atoms with van der Waals surface area (Å²) in [6.45, 7) is 4.28. The maximum Gasteiger partial charge on any atom is 0.339 e. The summed E-state index contributed by atoms with van der Waals surface area (Å²) in [7, 11) is -2.56. The molecule has 0 atom stereocenters. The highest BCUT2D eigenvalue weighted by Gasteiger charge is 2.22. The Morgan fingerprint density at radius 3 is 2.33 bits per heavy atom. The van der Waals surface area contributed by atoms with Gasteiger partial charge in [0.15, 0.2) is 23.0 Å². The van der Waals surface area contributed by atoms with Crippen molar-refractivity contribution in [2.75, 3.05) is 20.3 Å². The maximum atomic E-state index is 12.7. The number of amides is 1. The summed E-state index contributed by atoms with van der Waals surface area (Å²) in [4.78, 5) is 12.5. The zero-order valence-electron chi connectivity index (χ0n) is 19.9. The number of hydrazone groups is 1. The van der Waals surface area contributed by atoms with Crippen LogP contribution < -0.4 is 23.8 Å². The standard InChI is InChI=1S/C25H25BrN2O7S/c1-4-33-22-15-18(11-12-21(22)32-3)25(29)28-27-16-17-13-20(26)24(23(14-17)34-5-2)35-36(30,31)19-9-7-6-8-10-19/h6-16H,4-5H2,1-3H3,(H,28,29)/b27-16+. The molecule has 3 rings (SSSR count). The first-order chi connectivity index (χ1) is 17.3. The molecule has 3 aromatic rings. The molecule has 11 heteroatoms. The van der Waals surface area contributed by atoms with Crippen LogP contribution in [0.1, 0.15) is 29.8 Å². The SMILES string of the molecule is CCOc1cc(C(=O)N/N=C/c2cc(Br)c(OS(=O)(=O)c3ccccc3)c(OCC)c2)ccc1OC. The number of hydrogen-bond donors (Lipinski definition) is 1. The average Bonchev–Trinajstić information content (AvgIpc) is 2.87. The molecule has 0 heterocycles. The fourth-order valence-electron chi connectivity index (χ4n) is 3.07. The zero-order chi connectivity index (χ0) is 26.1. The quantitative estimate of drug-likeness (QED) is 0.198. The van der Waals surface area contributed by atoms with Crippen LogP contribution in [0.25, 0.3) is 0 Å². The number of hydrogen-bond acceptors (Lipinski definition) is 8. The van der Waals surface area contributed by atoms with Crippen molar-refractivity contribution in [2.45, 2.75) is 18.7 Å². The Labute approximate surface area is 218 Å². The lowest BCUT2D eigenvalue weighted by Gasteiger charge is -2.14. The molecule has 3 aromatic carbocycles. The van der Waals surface area contributed by atoms with E-state index < -0.39 is 16.0 Å². The summed E-state index contributed by atoms with van der Waals surface area (Å²) in [5, 5.41) is 4.00. The van der Waals surface area contributed by atoms with E-state index in [0.717, 1.165) is 0 Å². The smallest absolute Gasteiger partial charge is 0.339 e. The van der Waals surface area contributed by atoms with Crippen LogP contribution in [0.4, 0.5) is 0 Å². The summed E-state index contributed by atoms with van der Waals surface area (Å²) >= 11 is 3.34. The van der Waals surface area contributed by atoms with E-state index in [1.54, 1.807) is 55.5 Å². The molecule has 0 spiro atoms. The van der Waals surface area contributed by atoms with Gasteiger partial charge < -0.3 is 18.4 Å². The van der Waals surface area contributed by atoms with Gasteiger partial charge in [-0.3, -0.25) is 4.79 Å². The van der Waals surface area contributed by atoms with Crippen LogP contribution in [0.3, 0.4) is 0 Å². The minimum atomic E-state index is -4.08. The zero-order valence-corrected chi connectivity index (χ0v) is 22.3. The van der Waals surface area contributed by atoms with E-state index in [2.05, 4.69) is 26.5 Å². The van der Waals surface area contributed by atoms with E-state index in [1.165, 1.54) is 25.5 Å². The van der Waals surface area contributed by atoms with Crippen LogP contribution in [-0.2, 0) is 10.1 Å². The lowest BCUT2D eigenvalue weighted by molar-refractivity contribution is 0.0954. The van der Waals surface area contributed by atoms with Gasteiger partial charge in [0.2, 0.25) is 0 Å². The maximum absolute atomic E-state index is 12.7. The second-order valence-electron chi connectivity index (χ2n) is 7.11. The summed E-state index contributed by atoms with van der Waals surface area (Å²) in [6, 6.07) is 15.7. The minimum absolute atomic E-state index is 0.00331. The van der Waals surface area contributed by atoms with Gasteiger partial charge in [-0.1, -0.05) is 18.2 Å². The van der Waals surface area contributed by atoms with Gasteiger partial charge in [0.25, 0.3) is 5.91 Å². The molecule has 1 amide bonds. The highest BCUT2D eigenvalue weighted by atomic mass is 79.9. The number of nitrogens with one attached hydrogen (secondary N) is 1. The van der Waals surface area contributed by atoms with Gasteiger partial charge in [0.1, 0.15) is 4.90 Å². The molecule has 0 aromatic heterocycles. The first-order valence-corrected chi connectivity index (χ1v) is 13.1. The van der Waals surface area contributed by atoms with Crippen molar-refractivity contribution < 1.29 is 31.6 Å². The molecule has 0 saturated heterocycles. The molecule has 0 saturated carbocycles. The highest BCUT2D eigenvalue weighted by Crippen LogP contribution is 2.38. The Kier molecular flexibility index (Phi) is 9.31. The number of nitrogens with zero attached hydrogens (tertiary/aromatic N) is 1. The number of ether oxygens (including phenoxy) is 3. The van der Waals surface area contributed by atoms with Crippen LogP contribution in [-0.4, -0.2) is 40.9 Å². The molecule has 0 unspecified atom stereocenters. The van der Waals surface area contributed by atoms with E-state index in [-0.39, 0.29) is 23.0 Å². The number of halogens is 1. The lowest BCUT2D eigenvalue weighted by Crippen LogP contribution is -2.17. The average molecular weight is 577 g/mol. The normalized spacial score (nSPS) is 11.2. The van der Waals surface area contributed by atoms with Gasteiger partial charge in [-0.25, -0.2) is 5.43 Å². The van der Waals surface area contributed by atoms with E-state index in [9.17, 15) is 13.2 Å². The fourth-order valence-corrected chi connectivity index (χ4v) is 4.69. The van der Waals surface area contributed by atoms with Crippen molar-refractivity contribution in [1.82, 2.24) is 5.43 Å². The third-order valence-electron chi connectivity index (χ3n) is 4.66. The Hall–Kier alpha value is -3.57. The second-order valence-corrected chi connectivity index (χ2v) is 9.51. The van der Waals surface area contributed by atoms with Gasteiger partial charge in [-0.15, -0.1) is 0 Å². The van der Waals surface area contributed by atoms with Crippen molar-refractivity contribution in [3.8, 4) is 23.0 Å². The van der Waals surface area contributed by atoms with Crippen molar-refractivity contribution in [1.29, 1.82) is 0 Å². The molecule has 0 fully saturated rings. The largest absolute Gasteiger partial charge is 0.493 e. The number of carbonyl (C=O) groups excluding carboxylic acids is 1. The molecular weight excluding hydrogens is 552 g/mol. The van der Waals surface area contributed by atoms with Crippen molar-refractivity contribution in [3.05, 3.63) is 76.3 Å². The number of benzene rings is 3. The number of methoxy groups -OCH3 is 1. The molecular formula is C25H25BrN2O7S. The third kappa shape index (κ3) is 6.76. The number of carbonyl (C=O) groups is 1. The van der Waals surface area contributed by atoms with Crippen LogP contribution in [0.2, 0.25) is 0 Å². The van der Waals surface area contributed by atoms with Crippen LogP contribution in [0.15, 0.2) is 75.1 Å². The van der Waals surface area contributed by atoms with Crippen LogP contribution >= 0.6 is 15.9 Å². The molecule has 1 N–H and O–H groups in total. The first kappa shape index (κ1) is 27.0. The number of rotatable bonds is 11. The van der Waals surface area contributed by atoms with Gasteiger partial charge in [-0.05, 0) is 77.8 Å². The Morgan fingerprint density at radius 2 is 1.67 bits per heavy atom. The molecule has 0 aliphatic heterocycles. The fraction of sp³-hybridized carbons (Fsp3) is 0.200. The van der Waals surface area contributed by atoms with Gasteiger partial charge in [0.05, 0.1) is 31.0 Å². The molecule has 190 valence electrons. The Morgan fingerprint density at radius 1 is 0.972 bits per heavy atom. The summed E-state index contributed by atoms with van der Waals surface area (Å²) in [6.07, 6.45) is 1.40. The third-order valence-corrected chi connectivity index (χ3v) is 6.49. The van der Waals surface area contributed by atoms with Crippen LogP contribution in [0, 0.1) is 0 Å².